The molecule has 0 aliphatic carbocycles. The molecule has 7 heteroatoms. The highest BCUT2D eigenvalue weighted by Crippen LogP contribution is 2.24. The van der Waals surface area contributed by atoms with Gasteiger partial charge in [-0.3, -0.25) is 4.79 Å². The van der Waals surface area contributed by atoms with Crippen molar-refractivity contribution in [2.24, 2.45) is 5.92 Å². The molecule has 148 valence electrons. The molecular weight excluding hydrogens is 374 g/mol. The summed E-state index contributed by atoms with van der Waals surface area (Å²) in [7, 11) is 0. The number of carbonyl (C=O) groups is 1. The molecule has 1 N–H and O–H groups in total. The van der Waals surface area contributed by atoms with Crippen LogP contribution in [0.25, 0.3) is 11.1 Å². The molecule has 1 aromatic heterocycles. The van der Waals surface area contributed by atoms with E-state index in [2.05, 4.69) is 15.3 Å². The second kappa shape index (κ2) is 8.34. The van der Waals surface area contributed by atoms with Crippen LogP contribution in [0.4, 0.5) is 20.4 Å². The summed E-state index contributed by atoms with van der Waals surface area (Å²) in [6.07, 6.45) is 4.99. The van der Waals surface area contributed by atoms with E-state index >= 15 is 0 Å². The molecule has 4 rings (SSSR count). The summed E-state index contributed by atoms with van der Waals surface area (Å²) < 4.78 is 26.4. The first-order chi connectivity index (χ1) is 14.1. The van der Waals surface area contributed by atoms with Gasteiger partial charge in [0.25, 0.3) is 0 Å². The molecule has 1 saturated heterocycles. The second-order valence-electron chi connectivity index (χ2n) is 7.06. The third-order valence-corrected chi connectivity index (χ3v) is 4.98. The number of piperidine rings is 1. The second-order valence-corrected chi connectivity index (χ2v) is 7.06. The Kier molecular flexibility index (Phi) is 5.46. The summed E-state index contributed by atoms with van der Waals surface area (Å²) in [5.41, 5.74) is 2.09. The molecule has 0 unspecified atom stereocenters. The Labute approximate surface area is 167 Å². The lowest BCUT2D eigenvalue weighted by Gasteiger charge is -2.32. The summed E-state index contributed by atoms with van der Waals surface area (Å²) in [5, 5.41) is 2.78. The van der Waals surface area contributed by atoms with Crippen LogP contribution in [0.15, 0.2) is 60.9 Å². The van der Waals surface area contributed by atoms with Gasteiger partial charge in [0.15, 0.2) is 0 Å². The van der Waals surface area contributed by atoms with Gasteiger partial charge >= 0.3 is 0 Å². The van der Waals surface area contributed by atoms with E-state index < -0.39 is 0 Å². The monoisotopic (exact) mass is 394 g/mol. The predicted octanol–water partition coefficient (Wildman–Crippen LogP) is 4.28. The van der Waals surface area contributed by atoms with E-state index in [0.29, 0.717) is 18.2 Å². The minimum absolute atomic E-state index is 0.136. The van der Waals surface area contributed by atoms with Crippen molar-refractivity contribution in [1.29, 1.82) is 0 Å². The third kappa shape index (κ3) is 4.56. The first-order valence-corrected chi connectivity index (χ1v) is 9.48. The number of carbonyl (C=O) groups excluding carboxylic acids is 1. The van der Waals surface area contributed by atoms with Crippen molar-refractivity contribution >= 4 is 17.5 Å². The van der Waals surface area contributed by atoms with Crippen LogP contribution >= 0.6 is 0 Å². The predicted molar refractivity (Wildman–Crippen MR) is 107 cm³/mol. The third-order valence-electron chi connectivity index (χ3n) is 4.98. The minimum Gasteiger partial charge on any atom is -0.340 e. The Bertz CT molecular complexity index is 992. The van der Waals surface area contributed by atoms with E-state index in [1.165, 1.54) is 24.3 Å². The quantitative estimate of drug-likeness (QED) is 0.718. The Balaban J connectivity index is 1.42. The Morgan fingerprint density at radius 3 is 2.48 bits per heavy atom. The zero-order chi connectivity index (χ0) is 20.2. The van der Waals surface area contributed by atoms with Gasteiger partial charge < -0.3 is 10.2 Å². The zero-order valence-corrected chi connectivity index (χ0v) is 15.7. The Morgan fingerprint density at radius 2 is 1.76 bits per heavy atom. The van der Waals surface area contributed by atoms with Crippen LogP contribution in [0.3, 0.4) is 0 Å². The van der Waals surface area contributed by atoms with Crippen LogP contribution in [0.1, 0.15) is 12.8 Å². The van der Waals surface area contributed by atoms with E-state index in [1.54, 1.807) is 36.7 Å². The molecule has 5 nitrogen and oxygen atoms in total. The maximum atomic E-state index is 13.3. The fourth-order valence-corrected chi connectivity index (χ4v) is 3.46. The summed E-state index contributed by atoms with van der Waals surface area (Å²) in [5.74, 6) is -0.486. The number of anilines is 2. The molecule has 2 heterocycles. The maximum Gasteiger partial charge on any atom is 0.229 e. The highest BCUT2D eigenvalue weighted by molar-refractivity contribution is 5.93. The van der Waals surface area contributed by atoms with Crippen molar-refractivity contribution < 1.29 is 13.6 Å². The highest BCUT2D eigenvalue weighted by atomic mass is 19.1. The van der Waals surface area contributed by atoms with Gasteiger partial charge in [0.2, 0.25) is 11.9 Å². The number of rotatable bonds is 4. The average Bonchev–Trinajstić information content (AvgIpc) is 2.74. The lowest BCUT2D eigenvalue weighted by molar-refractivity contribution is -0.120. The highest BCUT2D eigenvalue weighted by Gasteiger charge is 2.27. The first kappa shape index (κ1) is 19.0. The SMILES string of the molecule is O=C(Nc1cccc(F)c1)[C@H]1CCCN(c2ncc(-c3ccc(F)cc3)cn2)C1. The summed E-state index contributed by atoms with van der Waals surface area (Å²) >= 11 is 0. The number of benzene rings is 2. The first-order valence-electron chi connectivity index (χ1n) is 9.48. The van der Waals surface area contributed by atoms with Crippen LogP contribution < -0.4 is 10.2 Å². The number of hydrogen-bond acceptors (Lipinski definition) is 4. The molecule has 3 aromatic rings. The van der Waals surface area contributed by atoms with Crippen molar-refractivity contribution in [3.8, 4) is 11.1 Å². The van der Waals surface area contributed by atoms with Crippen LogP contribution in [0.2, 0.25) is 0 Å². The van der Waals surface area contributed by atoms with Crippen molar-refractivity contribution in [3.63, 3.8) is 0 Å². The van der Waals surface area contributed by atoms with E-state index in [1.807, 2.05) is 4.90 Å². The van der Waals surface area contributed by atoms with Crippen LogP contribution in [-0.4, -0.2) is 29.0 Å². The maximum absolute atomic E-state index is 13.3. The van der Waals surface area contributed by atoms with Crippen LogP contribution in [0, 0.1) is 17.6 Å². The molecule has 0 bridgehead atoms. The lowest BCUT2D eigenvalue weighted by Crippen LogP contribution is -2.41. The van der Waals surface area contributed by atoms with Gasteiger partial charge in [-0.1, -0.05) is 18.2 Å². The molecule has 1 amide bonds. The van der Waals surface area contributed by atoms with Gasteiger partial charge in [0.1, 0.15) is 11.6 Å². The number of halogens is 2. The normalized spacial score (nSPS) is 16.5. The lowest BCUT2D eigenvalue weighted by atomic mass is 9.97. The summed E-state index contributed by atoms with van der Waals surface area (Å²) in [6, 6.07) is 12.0. The molecule has 1 aliphatic rings. The van der Waals surface area contributed by atoms with E-state index in [4.69, 9.17) is 0 Å². The summed E-state index contributed by atoms with van der Waals surface area (Å²) in [6.45, 7) is 1.26. The number of aromatic nitrogens is 2. The molecule has 1 fully saturated rings. The minimum atomic E-state index is -0.386. The van der Waals surface area contributed by atoms with E-state index in [-0.39, 0.29) is 23.5 Å². The standard InChI is InChI=1S/C22H20F2N4O/c23-18-8-6-15(7-9-18)17-12-25-22(26-13-17)28-10-2-3-16(14-28)21(29)27-20-5-1-4-19(24)11-20/h1,4-9,11-13,16H,2-3,10,14H2,(H,27,29)/t16-/m0/s1. The fraction of sp³-hybridized carbons (Fsp3) is 0.227. The fourth-order valence-electron chi connectivity index (χ4n) is 3.46. The number of hydrogen-bond donors (Lipinski definition) is 1. The van der Waals surface area contributed by atoms with Crippen molar-refractivity contribution in [2.45, 2.75) is 12.8 Å². The molecule has 1 aliphatic heterocycles. The van der Waals surface area contributed by atoms with Crippen molar-refractivity contribution in [1.82, 2.24) is 9.97 Å². The molecule has 0 spiro atoms. The molecule has 2 aromatic carbocycles. The molecule has 0 radical (unpaired) electrons. The van der Waals surface area contributed by atoms with E-state index in [0.717, 1.165) is 30.5 Å². The average molecular weight is 394 g/mol. The van der Waals surface area contributed by atoms with Gasteiger partial charge in [-0.25, -0.2) is 18.7 Å². The zero-order valence-electron chi connectivity index (χ0n) is 15.7. The van der Waals surface area contributed by atoms with Crippen molar-refractivity contribution in [3.05, 3.63) is 72.6 Å². The number of nitrogens with zero attached hydrogens (tertiary/aromatic N) is 3. The molecule has 0 saturated carbocycles. The van der Waals surface area contributed by atoms with Crippen molar-refractivity contribution in [2.75, 3.05) is 23.3 Å². The number of amides is 1. The largest absolute Gasteiger partial charge is 0.340 e. The Morgan fingerprint density at radius 1 is 1.00 bits per heavy atom. The smallest absolute Gasteiger partial charge is 0.229 e. The van der Waals surface area contributed by atoms with Gasteiger partial charge in [0.05, 0.1) is 5.92 Å². The van der Waals surface area contributed by atoms with Gasteiger partial charge in [-0.2, -0.15) is 0 Å². The number of nitrogens with one attached hydrogen (secondary N) is 1. The van der Waals surface area contributed by atoms with Gasteiger partial charge in [-0.05, 0) is 48.7 Å². The van der Waals surface area contributed by atoms with Gasteiger partial charge in [0, 0.05) is 36.7 Å². The summed E-state index contributed by atoms with van der Waals surface area (Å²) in [4.78, 5) is 23.4. The molecule has 29 heavy (non-hydrogen) atoms. The molecule has 1 atom stereocenters. The Hall–Kier alpha value is -3.35. The van der Waals surface area contributed by atoms with E-state index in [9.17, 15) is 13.6 Å². The topological polar surface area (TPSA) is 58.1 Å². The van der Waals surface area contributed by atoms with Crippen LogP contribution in [0.5, 0.6) is 0 Å². The molecular formula is C22H20F2N4O. The van der Waals surface area contributed by atoms with Gasteiger partial charge in [-0.15, -0.1) is 0 Å². The van der Waals surface area contributed by atoms with Crippen LogP contribution in [-0.2, 0) is 4.79 Å².